The van der Waals surface area contributed by atoms with Crippen LogP contribution in [0.15, 0.2) is 42.7 Å². The van der Waals surface area contributed by atoms with Crippen LogP contribution in [-0.2, 0) is 6.42 Å². The topological polar surface area (TPSA) is 37.8 Å². The summed E-state index contributed by atoms with van der Waals surface area (Å²) in [4.78, 5) is 9.82. The van der Waals surface area contributed by atoms with Crippen LogP contribution in [0.3, 0.4) is 0 Å². The second-order valence-corrected chi connectivity index (χ2v) is 5.72. The van der Waals surface area contributed by atoms with Crippen LogP contribution in [0.25, 0.3) is 11.3 Å². The summed E-state index contributed by atoms with van der Waals surface area (Å²) in [6.45, 7) is 0. The summed E-state index contributed by atoms with van der Waals surface area (Å²) < 4.78 is 13.4. The fourth-order valence-electron chi connectivity index (χ4n) is 2.39. The zero-order valence-corrected chi connectivity index (χ0v) is 11.2. The highest BCUT2D eigenvalue weighted by Gasteiger charge is 2.23. The number of thiazole rings is 1. The molecule has 20 heavy (non-hydrogen) atoms. The fraction of sp³-hybridized carbons (Fsp3) is 0.0667. The number of nitrogens with one attached hydrogen (secondary N) is 1. The monoisotopic (exact) mass is 283 g/mol. The Balaban J connectivity index is 1.70. The maximum Gasteiger partial charge on any atom is 0.188 e. The van der Waals surface area contributed by atoms with Gasteiger partial charge in [-0.25, -0.2) is 9.37 Å². The van der Waals surface area contributed by atoms with E-state index in [0.29, 0.717) is 0 Å². The van der Waals surface area contributed by atoms with Crippen molar-refractivity contribution >= 4 is 22.2 Å². The third kappa shape index (κ3) is 1.87. The summed E-state index contributed by atoms with van der Waals surface area (Å²) in [6.07, 6.45) is 4.31. The lowest BCUT2D eigenvalue weighted by Crippen LogP contribution is -1.90. The predicted octanol–water partition coefficient (Wildman–Crippen LogP) is 3.99. The van der Waals surface area contributed by atoms with Crippen molar-refractivity contribution in [1.29, 1.82) is 0 Å². The van der Waals surface area contributed by atoms with E-state index in [-0.39, 0.29) is 5.82 Å². The Kier molecular flexibility index (Phi) is 2.53. The Hall–Kier alpha value is -2.27. The summed E-state index contributed by atoms with van der Waals surface area (Å²) in [7, 11) is 0. The Bertz CT molecular complexity index is 783. The second kappa shape index (κ2) is 4.38. The predicted molar refractivity (Wildman–Crippen MR) is 77.8 cm³/mol. The zero-order chi connectivity index (χ0) is 13.5. The van der Waals surface area contributed by atoms with Crippen molar-refractivity contribution in [3.8, 4) is 11.3 Å². The molecule has 4 rings (SSSR count). The van der Waals surface area contributed by atoms with E-state index in [9.17, 15) is 4.39 Å². The first-order valence-corrected chi connectivity index (χ1v) is 7.07. The number of fused-ring (bicyclic) bond motifs is 3. The maximum atomic E-state index is 13.4. The molecule has 2 heterocycles. The van der Waals surface area contributed by atoms with E-state index >= 15 is 0 Å². The number of pyridine rings is 1. The van der Waals surface area contributed by atoms with Crippen molar-refractivity contribution in [1.82, 2.24) is 9.97 Å². The number of anilines is 2. The number of aromatic nitrogens is 2. The molecule has 0 saturated heterocycles. The summed E-state index contributed by atoms with van der Waals surface area (Å²) in [5, 5.41) is 4.05. The van der Waals surface area contributed by atoms with E-state index < -0.39 is 0 Å². The van der Waals surface area contributed by atoms with Gasteiger partial charge in [0, 0.05) is 23.1 Å². The Morgan fingerprint density at radius 1 is 1.25 bits per heavy atom. The molecule has 5 heteroatoms. The van der Waals surface area contributed by atoms with Crippen LogP contribution in [0.2, 0.25) is 0 Å². The first-order chi connectivity index (χ1) is 9.79. The second-order valence-electron chi connectivity index (χ2n) is 4.64. The largest absolute Gasteiger partial charge is 0.330 e. The van der Waals surface area contributed by atoms with Gasteiger partial charge in [-0.1, -0.05) is 6.07 Å². The molecule has 1 aliphatic rings. The van der Waals surface area contributed by atoms with Crippen LogP contribution in [0.4, 0.5) is 15.2 Å². The fourth-order valence-corrected chi connectivity index (χ4v) is 3.41. The molecule has 0 atom stereocenters. The first-order valence-electron chi connectivity index (χ1n) is 6.25. The lowest BCUT2D eigenvalue weighted by molar-refractivity contribution is 0.628. The molecular weight excluding hydrogens is 273 g/mol. The molecule has 2 aromatic heterocycles. The van der Waals surface area contributed by atoms with Gasteiger partial charge in [0.1, 0.15) is 5.82 Å². The van der Waals surface area contributed by atoms with E-state index in [2.05, 4.69) is 15.3 Å². The van der Waals surface area contributed by atoms with Crippen molar-refractivity contribution in [3.05, 3.63) is 59.0 Å². The Morgan fingerprint density at radius 3 is 3.05 bits per heavy atom. The zero-order valence-electron chi connectivity index (χ0n) is 10.4. The number of nitrogens with zero attached hydrogens (tertiary/aromatic N) is 2. The highest BCUT2D eigenvalue weighted by atomic mass is 32.1. The van der Waals surface area contributed by atoms with Crippen LogP contribution in [0.1, 0.15) is 10.4 Å². The van der Waals surface area contributed by atoms with Crippen molar-refractivity contribution in [2.24, 2.45) is 0 Å². The highest BCUT2D eigenvalue weighted by Crippen LogP contribution is 2.41. The summed E-state index contributed by atoms with van der Waals surface area (Å²) >= 11 is 1.61. The molecule has 1 aromatic carbocycles. The molecular formula is C15H10FN3S. The van der Waals surface area contributed by atoms with Gasteiger partial charge >= 0.3 is 0 Å². The average Bonchev–Trinajstić information content (AvgIpc) is 2.97. The van der Waals surface area contributed by atoms with Gasteiger partial charge in [0.05, 0.1) is 17.6 Å². The van der Waals surface area contributed by atoms with Gasteiger partial charge in [0.15, 0.2) is 5.13 Å². The molecule has 3 nitrogen and oxygen atoms in total. The SMILES string of the molecule is Fc1ccc2c(c1)-c1nc(Nc3cccnc3)sc1C2. The third-order valence-electron chi connectivity index (χ3n) is 3.29. The highest BCUT2D eigenvalue weighted by molar-refractivity contribution is 7.16. The lowest BCUT2D eigenvalue weighted by atomic mass is 10.1. The number of halogens is 1. The van der Waals surface area contributed by atoms with Gasteiger partial charge in [-0.3, -0.25) is 4.98 Å². The van der Waals surface area contributed by atoms with Crippen LogP contribution >= 0.6 is 11.3 Å². The molecule has 1 N–H and O–H groups in total. The van der Waals surface area contributed by atoms with Crippen LogP contribution in [0, 0.1) is 5.82 Å². The molecule has 98 valence electrons. The van der Waals surface area contributed by atoms with Gasteiger partial charge in [0.25, 0.3) is 0 Å². The van der Waals surface area contributed by atoms with Crippen molar-refractivity contribution < 1.29 is 4.39 Å². The minimum absolute atomic E-state index is 0.216. The van der Waals surface area contributed by atoms with E-state index in [4.69, 9.17) is 0 Å². The van der Waals surface area contributed by atoms with Crippen molar-refractivity contribution in [2.75, 3.05) is 5.32 Å². The lowest BCUT2D eigenvalue weighted by Gasteiger charge is -2.02. The van der Waals surface area contributed by atoms with Crippen molar-refractivity contribution in [3.63, 3.8) is 0 Å². The summed E-state index contributed by atoms with van der Waals surface area (Å²) in [6, 6.07) is 8.72. The first kappa shape index (κ1) is 11.5. The van der Waals surface area contributed by atoms with Gasteiger partial charge < -0.3 is 5.32 Å². The maximum absolute atomic E-state index is 13.4. The van der Waals surface area contributed by atoms with E-state index in [0.717, 1.165) is 34.1 Å². The molecule has 0 bridgehead atoms. The van der Waals surface area contributed by atoms with Crippen LogP contribution < -0.4 is 5.32 Å². The van der Waals surface area contributed by atoms with Gasteiger partial charge in [-0.15, -0.1) is 11.3 Å². The standard InChI is InChI=1S/C15H10FN3S/c16-10-4-3-9-6-13-14(12(9)7-10)19-15(20-13)18-11-2-1-5-17-8-11/h1-5,7-8H,6H2,(H,18,19). The van der Waals surface area contributed by atoms with Gasteiger partial charge in [0.2, 0.25) is 0 Å². The smallest absolute Gasteiger partial charge is 0.188 e. The van der Waals surface area contributed by atoms with Crippen LogP contribution in [-0.4, -0.2) is 9.97 Å². The molecule has 0 fully saturated rings. The van der Waals surface area contributed by atoms with Gasteiger partial charge in [-0.05, 0) is 29.8 Å². The number of hydrogen-bond donors (Lipinski definition) is 1. The van der Waals surface area contributed by atoms with E-state index in [1.54, 1.807) is 29.8 Å². The van der Waals surface area contributed by atoms with Gasteiger partial charge in [-0.2, -0.15) is 0 Å². The van der Waals surface area contributed by atoms with E-state index in [1.807, 2.05) is 18.2 Å². The number of benzene rings is 1. The number of hydrogen-bond acceptors (Lipinski definition) is 4. The normalized spacial score (nSPS) is 12.1. The molecule has 0 radical (unpaired) electrons. The minimum atomic E-state index is -0.216. The Morgan fingerprint density at radius 2 is 2.20 bits per heavy atom. The molecule has 1 aliphatic carbocycles. The number of rotatable bonds is 2. The van der Waals surface area contributed by atoms with Crippen molar-refractivity contribution in [2.45, 2.75) is 6.42 Å². The Labute approximate surface area is 119 Å². The molecule has 0 unspecified atom stereocenters. The quantitative estimate of drug-likeness (QED) is 0.604. The summed E-state index contributed by atoms with van der Waals surface area (Å²) in [5.41, 5.74) is 3.86. The molecule has 0 aliphatic heterocycles. The molecule has 0 spiro atoms. The average molecular weight is 283 g/mol. The molecule has 0 saturated carbocycles. The minimum Gasteiger partial charge on any atom is -0.330 e. The molecule has 3 aromatic rings. The summed E-state index contributed by atoms with van der Waals surface area (Å²) in [5.74, 6) is -0.216. The van der Waals surface area contributed by atoms with E-state index in [1.165, 1.54) is 10.9 Å². The molecule has 0 amide bonds. The van der Waals surface area contributed by atoms with Crippen LogP contribution in [0.5, 0.6) is 0 Å². The third-order valence-corrected chi connectivity index (χ3v) is 4.26.